The van der Waals surface area contributed by atoms with Crippen molar-refractivity contribution in [2.45, 2.75) is 217 Å². The predicted octanol–water partition coefficient (Wildman–Crippen LogP) is 5.30. The molecule has 12 atom stereocenters. The topological polar surface area (TPSA) is 255 Å². The van der Waals surface area contributed by atoms with E-state index < -0.39 is 144 Å². The summed E-state index contributed by atoms with van der Waals surface area (Å²) >= 11 is 0. The Morgan fingerprint density at radius 3 is 1.40 bits per heavy atom. The molecule has 0 aromatic heterocycles. The Morgan fingerprint density at radius 2 is 0.933 bits per heavy atom. The summed E-state index contributed by atoms with van der Waals surface area (Å²) in [7, 11) is 10.3. The normalized spacial score (nSPS) is 27.7. The first kappa shape index (κ1) is 79.7. The van der Waals surface area contributed by atoms with E-state index in [2.05, 4.69) is 10.2 Å². The van der Waals surface area contributed by atoms with Crippen LogP contribution in [-0.4, -0.2) is 246 Å². The zero-order chi connectivity index (χ0) is 68.4. The number of morpholine rings is 1. The Bertz CT molecular complexity index is 2390. The zero-order valence-electron chi connectivity index (χ0n) is 58.9. The van der Waals surface area contributed by atoms with Crippen LogP contribution in [0.2, 0.25) is 0 Å². The third-order valence-electron chi connectivity index (χ3n) is 18.3. The molecule has 0 unspecified atom stereocenters. The van der Waals surface area contributed by atoms with E-state index in [-0.39, 0.29) is 86.1 Å². The fourth-order valence-electron chi connectivity index (χ4n) is 12.4. The molecule has 22 heteroatoms. The molecule has 0 radical (unpaired) electrons. The molecule has 2 saturated heterocycles. The first-order valence-electron chi connectivity index (χ1n) is 32.9. The largest absolute Gasteiger partial charge is 0.390 e. The molecule has 0 spiro atoms. The molecule has 22 nitrogen and oxygen atoms in total. The van der Waals surface area contributed by atoms with Gasteiger partial charge >= 0.3 is 0 Å². The quantitative estimate of drug-likeness (QED) is 0.199. The van der Waals surface area contributed by atoms with Crippen LogP contribution < -0.4 is 5.32 Å². The Hall–Kier alpha value is -5.35. The van der Waals surface area contributed by atoms with Gasteiger partial charge in [0.25, 0.3) is 0 Å². The van der Waals surface area contributed by atoms with Gasteiger partial charge in [-0.25, -0.2) is 0 Å². The second kappa shape index (κ2) is 36.6. The maximum atomic E-state index is 15.3. The average Bonchev–Trinajstić information content (AvgIpc) is 2.71. The lowest BCUT2D eigenvalue weighted by Crippen LogP contribution is -2.62. The fraction of sp³-hybridized carbons (Fsp3) is 0.836. The van der Waals surface area contributed by atoms with Crippen molar-refractivity contribution in [1.82, 2.24) is 44.5 Å². The van der Waals surface area contributed by atoms with Crippen LogP contribution in [0.1, 0.15) is 169 Å². The maximum absolute atomic E-state index is 15.3. The van der Waals surface area contributed by atoms with Crippen molar-refractivity contribution >= 4 is 64.6 Å². The highest BCUT2D eigenvalue weighted by Crippen LogP contribution is 2.29. The van der Waals surface area contributed by atoms with Gasteiger partial charge in [-0.1, -0.05) is 104 Å². The first-order chi connectivity index (χ1) is 41.2. The van der Waals surface area contributed by atoms with E-state index in [1.165, 1.54) is 90.6 Å². The van der Waals surface area contributed by atoms with E-state index in [4.69, 9.17) is 4.74 Å². The second-order valence-electron chi connectivity index (χ2n) is 28.5. The van der Waals surface area contributed by atoms with E-state index in [0.717, 1.165) is 0 Å². The number of hydrogen-bond donors (Lipinski definition) is 2. The van der Waals surface area contributed by atoms with E-state index in [1.54, 1.807) is 34.6 Å². The van der Waals surface area contributed by atoms with Crippen LogP contribution in [0, 0.1) is 59.2 Å². The summed E-state index contributed by atoms with van der Waals surface area (Å²) in [4.78, 5) is 173. The van der Waals surface area contributed by atoms with Gasteiger partial charge < -0.3 is 49.5 Å². The number of rotatable bonds is 16. The summed E-state index contributed by atoms with van der Waals surface area (Å²) in [6, 6.07) is -8.12. The molecule has 510 valence electrons. The summed E-state index contributed by atoms with van der Waals surface area (Å²) in [5, 5.41) is 15.2. The lowest BCUT2D eigenvalue weighted by molar-refractivity contribution is -0.157. The SMILES string of the molecule is CC[C@H]1CC(=O)[C@@H]([C@H](O)[C@H](C)CCN2CCOCC2)N(C)C(=O)[C@@H](C(C)C)N(C)C(=O)[C@@H](CC(C)C)N(C)C(=O)[C@@H](CC(C)C)N(C)C(=O)[C@H](C)NC(=O)[C@@H](C)CC(=O)[C@@H](CC(C)C)N(C)C(=O)[C@@H](C(C)C)CC(=O)[C@H](CC(C)C)N(C)C(=O)CN(C)C1=O. The molecule has 2 aliphatic rings. The molecule has 2 N–H and O–H groups in total. The van der Waals surface area contributed by atoms with Crippen molar-refractivity contribution in [2.75, 3.05) is 88.7 Å². The number of Topliss-reactive ketones (excluding diaryl/α,β-unsaturated/α-hetero) is 3. The monoisotopic (exact) mass is 1260 g/mol. The molecule has 0 saturated carbocycles. The summed E-state index contributed by atoms with van der Waals surface area (Å²) in [5.74, 6) is -10.7. The van der Waals surface area contributed by atoms with Crippen molar-refractivity contribution in [3.05, 3.63) is 0 Å². The van der Waals surface area contributed by atoms with Gasteiger partial charge in [0, 0.05) is 99.4 Å². The van der Waals surface area contributed by atoms with Crippen LogP contribution in [0.4, 0.5) is 0 Å². The van der Waals surface area contributed by atoms with Crippen LogP contribution in [-0.2, 0) is 57.5 Å². The minimum absolute atomic E-state index is 0.0669. The number of likely N-dealkylation sites (N-methyl/N-ethyl adjacent to an activating group) is 7. The number of aliphatic hydroxyl groups excluding tert-OH is 1. The van der Waals surface area contributed by atoms with Gasteiger partial charge in [0.1, 0.15) is 30.2 Å². The van der Waals surface area contributed by atoms with Gasteiger partial charge in [0.15, 0.2) is 17.3 Å². The molecule has 8 amide bonds. The Labute approximate surface area is 534 Å². The molecule has 2 heterocycles. The summed E-state index contributed by atoms with van der Waals surface area (Å²) in [5.41, 5.74) is 0. The van der Waals surface area contributed by atoms with Crippen molar-refractivity contribution in [2.24, 2.45) is 59.2 Å². The molecular weight excluding hydrogens is 1140 g/mol. The predicted molar refractivity (Wildman–Crippen MR) is 344 cm³/mol. The molecule has 0 aromatic rings. The van der Waals surface area contributed by atoms with Crippen molar-refractivity contribution in [1.29, 1.82) is 0 Å². The highest BCUT2D eigenvalue weighted by atomic mass is 16.5. The van der Waals surface area contributed by atoms with Gasteiger partial charge in [-0.05, 0) is 93.4 Å². The molecule has 2 aliphatic heterocycles. The Balaban J connectivity index is 2.96. The number of amides is 8. The van der Waals surface area contributed by atoms with Gasteiger partial charge in [0.2, 0.25) is 47.3 Å². The molecule has 2 rings (SSSR count). The summed E-state index contributed by atoms with van der Waals surface area (Å²) in [6.45, 7) is 31.5. The number of carbonyl (C=O) groups excluding carboxylic acids is 11. The minimum Gasteiger partial charge on any atom is -0.390 e. The highest BCUT2D eigenvalue weighted by molar-refractivity contribution is 5.99. The first-order valence-corrected chi connectivity index (χ1v) is 32.9. The lowest BCUT2D eigenvalue weighted by atomic mass is 9.84. The van der Waals surface area contributed by atoms with Crippen LogP contribution in [0.5, 0.6) is 0 Å². The van der Waals surface area contributed by atoms with E-state index in [0.29, 0.717) is 39.3 Å². The van der Waals surface area contributed by atoms with Gasteiger partial charge in [-0.2, -0.15) is 0 Å². The highest BCUT2D eigenvalue weighted by Gasteiger charge is 2.46. The number of aliphatic hydroxyl groups is 1. The lowest BCUT2D eigenvalue weighted by Gasteiger charge is -2.42. The molecule has 2 fully saturated rings. The maximum Gasteiger partial charge on any atom is 0.246 e. The van der Waals surface area contributed by atoms with E-state index in [1.807, 2.05) is 69.2 Å². The third-order valence-corrected chi connectivity index (χ3v) is 18.3. The Morgan fingerprint density at radius 1 is 0.494 bits per heavy atom. The molecule has 89 heavy (non-hydrogen) atoms. The molecule has 0 bridgehead atoms. The van der Waals surface area contributed by atoms with Crippen LogP contribution in [0.25, 0.3) is 0 Å². The number of ketones is 3. The van der Waals surface area contributed by atoms with E-state index in [9.17, 15) is 38.7 Å². The van der Waals surface area contributed by atoms with Crippen LogP contribution >= 0.6 is 0 Å². The number of ether oxygens (including phenoxy) is 1. The minimum atomic E-state index is -1.49. The number of carbonyl (C=O) groups is 11. The summed E-state index contributed by atoms with van der Waals surface area (Å²) < 4.78 is 5.55. The zero-order valence-corrected chi connectivity index (χ0v) is 58.9. The molecule has 0 aromatic carbocycles. The third kappa shape index (κ3) is 22.8. The van der Waals surface area contributed by atoms with Crippen molar-refractivity contribution < 1.29 is 62.6 Å². The second-order valence-corrected chi connectivity index (χ2v) is 28.5. The van der Waals surface area contributed by atoms with Gasteiger partial charge in [0.05, 0.1) is 37.9 Å². The van der Waals surface area contributed by atoms with E-state index >= 15 is 19.2 Å². The number of hydrogen-bond acceptors (Lipinski definition) is 14. The smallest absolute Gasteiger partial charge is 0.246 e. The molecule has 0 aliphatic carbocycles. The van der Waals surface area contributed by atoms with Gasteiger partial charge in [-0.15, -0.1) is 0 Å². The molecular formula is C67H119N9O13. The standard InChI is InChI=1S/C67H119N9O13/c1-24-48-36-56(79)59(60(81)45(14)25-26-76-27-29-89-30-28-76)75(23)67(88)58(44(12)13)74(22)66(87)53(34-42(8)9)73(21)65(86)52(33-41(6)7)72(20)62(83)47(16)68-61(82)46(15)35-54(77)51(32-40(4)5)71(19)64(85)49(43(10)11)37-55(78)50(31-39(2)3)70(18)57(80)38-69(17)63(48)84/h39-53,58-60,81H,24-38H2,1-23H3,(H,68,82)/t45-,46+,47+,48+,49-,50+,51-,52-,53-,58-,59+,60-/m1/s1. The van der Waals surface area contributed by atoms with Crippen LogP contribution in [0.15, 0.2) is 0 Å². The average molecular weight is 1260 g/mol. The number of nitrogens with one attached hydrogen (secondary N) is 1. The van der Waals surface area contributed by atoms with Crippen molar-refractivity contribution in [3.8, 4) is 0 Å². The Kier molecular flexibility index (Phi) is 32.8. The summed E-state index contributed by atoms with van der Waals surface area (Å²) in [6.07, 6.45) is -0.961. The number of nitrogens with zero attached hydrogens (tertiary/aromatic N) is 8. The van der Waals surface area contributed by atoms with Crippen molar-refractivity contribution in [3.63, 3.8) is 0 Å². The fourth-order valence-corrected chi connectivity index (χ4v) is 12.4. The van der Waals surface area contributed by atoms with Crippen LogP contribution in [0.3, 0.4) is 0 Å². The van der Waals surface area contributed by atoms with Gasteiger partial charge in [-0.3, -0.25) is 57.6 Å².